The number of non-ortho nitro benzene ring substituents is 3. The van der Waals surface area contributed by atoms with Gasteiger partial charge in [-0.25, -0.2) is 14.4 Å². The Kier molecular flexibility index (Phi) is 14.7. The number of nitrogens with zero attached hydrogens (tertiary/aromatic N) is 6. The number of thiol groups is 1. The van der Waals surface area contributed by atoms with Gasteiger partial charge in [-0.3, -0.25) is 40.5 Å². The fourth-order valence-electron chi connectivity index (χ4n) is 6.19. The summed E-state index contributed by atoms with van der Waals surface area (Å²) in [5.41, 5.74) is 0.929. The number of nitro benzene ring substituents is 3. The van der Waals surface area contributed by atoms with Crippen LogP contribution in [0.3, 0.4) is 0 Å². The number of ether oxygens (including phenoxy) is 3. The van der Waals surface area contributed by atoms with Gasteiger partial charge in [0.2, 0.25) is 11.9 Å². The number of alkyl carbamates (subject to hydrolysis) is 1. The summed E-state index contributed by atoms with van der Waals surface area (Å²) < 4.78 is 15.8. The van der Waals surface area contributed by atoms with Crippen molar-refractivity contribution in [2.75, 3.05) is 19.6 Å². The van der Waals surface area contributed by atoms with E-state index in [1.807, 2.05) is 0 Å². The maximum atomic E-state index is 13.1. The van der Waals surface area contributed by atoms with Gasteiger partial charge >= 0.3 is 18.3 Å². The molecule has 23 heteroatoms. The van der Waals surface area contributed by atoms with Crippen LogP contribution in [0.15, 0.2) is 77.8 Å². The first kappa shape index (κ1) is 43.2. The Labute approximate surface area is 340 Å². The van der Waals surface area contributed by atoms with Gasteiger partial charge in [0.25, 0.3) is 17.1 Å². The molecule has 22 nitrogen and oxygen atoms in total. The van der Waals surface area contributed by atoms with E-state index in [1.54, 1.807) is 0 Å². The lowest BCUT2D eigenvalue weighted by Crippen LogP contribution is -2.47. The number of nitro groups is 3. The minimum atomic E-state index is -1.30. The molecule has 3 aromatic carbocycles. The standard InChI is InChI=1S/C36H38N8O14S/c45-31(30-15-29(59)18-41(30)36(49)58-21-24-5-11-28(12-6-24)44(54)55)16-32(46)37-25-13-14-40(17-25)33(38-34(47)56-19-22-1-7-26(8-2-22)42(50)51)39-35(48)57-20-23-3-9-27(10-4-23)43(52)53/h1-12,25,29-31,45,59H,13-21H2,(H,37,46)(H,38,39,47,48)/t25-,29-,30-,31?/m0/s1. The molecule has 0 aromatic heterocycles. The van der Waals surface area contributed by atoms with Crippen molar-refractivity contribution in [3.8, 4) is 0 Å². The summed E-state index contributed by atoms with van der Waals surface area (Å²) in [6.45, 7) is -0.396. The maximum absolute atomic E-state index is 13.1. The lowest BCUT2D eigenvalue weighted by Gasteiger charge is -2.28. The first-order valence-corrected chi connectivity index (χ1v) is 18.4. The van der Waals surface area contributed by atoms with Gasteiger partial charge in [-0.2, -0.15) is 12.6 Å². The number of hydrogen-bond donors (Lipinski definition) is 4. The van der Waals surface area contributed by atoms with Crippen molar-refractivity contribution in [1.29, 1.82) is 0 Å². The minimum absolute atomic E-state index is 0.0438. The van der Waals surface area contributed by atoms with E-state index in [9.17, 15) is 54.6 Å². The van der Waals surface area contributed by atoms with Crippen LogP contribution in [0.1, 0.15) is 36.0 Å². The summed E-state index contributed by atoms with van der Waals surface area (Å²) in [5, 5.41) is 48.8. The van der Waals surface area contributed by atoms with Crippen molar-refractivity contribution in [3.05, 3.63) is 120 Å². The third-order valence-corrected chi connectivity index (χ3v) is 9.57. The molecular formula is C36H38N8O14S. The number of aliphatic hydroxyl groups excluding tert-OH is 1. The molecule has 1 unspecified atom stereocenters. The van der Waals surface area contributed by atoms with Crippen molar-refractivity contribution in [2.45, 2.75) is 62.5 Å². The molecule has 3 N–H and O–H groups in total. The van der Waals surface area contributed by atoms with E-state index in [0.29, 0.717) is 23.1 Å². The molecule has 0 spiro atoms. The summed E-state index contributed by atoms with van der Waals surface area (Å²) in [5.74, 6) is -0.833. The monoisotopic (exact) mass is 838 g/mol. The Balaban J connectivity index is 1.17. The van der Waals surface area contributed by atoms with Crippen molar-refractivity contribution in [3.63, 3.8) is 0 Å². The number of likely N-dealkylation sites (tertiary alicyclic amines) is 2. The second-order valence-corrected chi connectivity index (χ2v) is 14.1. The SMILES string of the molecule is O=C(CC(O)[C@@H]1C[C@H](S)CN1C(=O)OCc1ccc([N+](=O)[O-])cc1)N[C@H]1CCN(C(=NC(=O)OCc2ccc([N+](=O)[O-])cc2)NC(=O)OCc2ccc([N+](=O)[O-])cc2)C1. The highest BCUT2D eigenvalue weighted by atomic mass is 32.1. The molecule has 0 saturated carbocycles. The second kappa shape index (κ2) is 20.0. The number of hydrogen-bond acceptors (Lipinski definition) is 15. The lowest BCUT2D eigenvalue weighted by atomic mass is 10.0. The number of guanidine groups is 1. The van der Waals surface area contributed by atoms with Crippen LogP contribution in [0.5, 0.6) is 0 Å². The van der Waals surface area contributed by atoms with E-state index in [-0.39, 0.29) is 74.1 Å². The van der Waals surface area contributed by atoms with Crippen molar-refractivity contribution < 1.29 is 53.3 Å². The maximum Gasteiger partial charge on any atom is 0.437 e. The zero-order valence-electron chi connectivity index (χ0n) is 31.0. The highest BCUT2D eigenvalue weighted by molar-refractivity contribution is 7.81. The number of carbonyl (C=O) groups is 4. The molecule has 2 aliphatic heterocycles. The number of aliphatic hydroxyl groups is 1. The Morgan fingerprint density at radius 1 is 0.780 bits per heavy atom. The van der Waals surface area contributed by atoms with E-state index >= 15 is 0 Å². The van der Waals surface area contributed by atoms with Crippen LogP contribution < -0.4 is 10.6 Å². The van der Waals surface area contributed by atoms with Crippen molar-refractivity contribution in [2.24, 2.45) is 4.99 Å². The van der Waals surface area contributed by atoms with E-state index in [4.69, 9.17) is 14.2 Å². The summed E-state index contributed by atoms with van der Waals surface area (Å²) in [7, 11) is 0. The van der Waals surface area contributed by atoms with Crippen LogP contribution >= 0.6 is 12.6 Å². The summed E-state index contributed by atoms with van der Waals surface area (Å²) >= 11 is 4.46. The van der Waals surface area contributed by atoms with Crippen LogP contribution in [0.4, 0.5) is 31.4 Å². The summed E-state index contributed by atoms with van der Waals surface area (Å²) in [4.78, 5) is 89.5. The van der Waals surface area contributed by atoms with Gasteiger partial charge in [0.1, 0.15) is 19.8 Å². The van der Waals surface area contributed by atoms with E-state index < -0.39 is 63.6 Å². The number of benzene rings is 3. The van der Waals surface area contributed by atoms with E-state index in [0.717, 1.165) is 0 Å². The zero-order valence-corrected chi connectivity index (χ0v) is 31.9. The predicted octanol–water partition coefficient (Wildman–Crippen LogP) is 3.98. The Morgan fingerprint density at radius 2 is 1.27 bits per heavy atom. The average molecular weight is 839 g/mol. The van der Waals surface area contributed by atoms with Crippen LogP contribution in [0, 0.1) is 30.3 Å². The largest absolute Gasteiger partial charge is 0.445 e. The molecular weight excluding hydrogens is 801 g/mol. The zero-order chi connectivity index (χ0) is 42.6. The van der Waals surface area contributed by atoms with Gasteiger partial charge in [-0.05, 0) is 65.9 Å². The summed E-state index contributed by atoms with van der Waals surface area (Å²) in [6, 6.07) is 14.7. The third-order valence-electron chi connectivity index (χ3n) is 9.19. The smallest absolute Gasteiger partial charge is 0.437 e. The number of amides is 4. The number of rotatable bonds is 13. The van der Waals surface area contributed by atoms with Gasteiger partial charge < -0.3 is 34.4 Å². The van der Waals surface area contributed by atoms with Crippen molar-refractivity contribution >= 4 is 59.8 Å². The third kappa shape index (κ3) is 12.6. The molecule has 5 rings (SSSR count). The van der Waals surface area contributed by atoms with Gasteiger partial charge in [0.15, 0.2) is 0 Å². The van der Waals surface area contributed by atoms with Gasteiger partial charge in [-0.15, -0.1) is 4.99 Å². The van der Waals surface area contributed by atoms with Crippen molar-refractivity contribution in [1.82, 2.24) is 20.4 Å². The molecule has 2 heterocycles. The van der Waals surface area contributed by atoms with E-state index in [2.05, 4.69) is 28.3 Å². The van der Waals surface area contributed by atoms with Crippen LogP contribution in [-0.4, -0.2) is 103 Å². The molecule has 59 heavy (non-hydrogen) atoms. The van der Waals surface area contributed by atoms with E-state index in [1.165, 1.54) is 82.6 Å². The topological polar surface area (TPSA) is 289 Å². The Morgan fingerprint density at radius 3 is 1.78 bits per heavy atom. The molecule has 0 radical (unpaired) electrons. The normalized spacial score (nSPS) is 18.1. The highest BCUT2D eigenvalue weighted by Gasteiger charge is 2.40. The molecule has 4 amide bonds. The molecule has 3 aromatic rings. The number of aliphatic imine (C=N–C) groups is 1. The van der Waals surface area contributed by atoms with Gasteiger partial charge in [0.05, 0.1) is 33.3 Å². The van der Waals surface area contributed by atoms with Gasteiger partial charge in [-0.1, -0.05) is 0 Å². The Hall–Kier alpha value is -6.88. The van der Waals surface area contributed by atoms with Crippen LogP contribution in [0.25, 0.3) is 0 Å². The molecule has 0 bridgehead atoms. The average Bonchev–Trinajstić information content (AvgIpc) is 3.85. The fraction of sp³-hybridized carbons (Fsp3) is 0.361. The first-order chi connectivity index (χ1) is 28.1. The molecule has 2 saturated heterocycles. The highest BCUT2D eigenvalue weighted by Crippen LogP contribution is 2.27. The first-order valence-electron chi connectivity index (χ1n) is 17.9. The number of nitrogens with one attached hydrogen (secondary N) is 2. The van der Waals surface area contributed by atoms with Crippen LogP contribution in [0.2, 0.25) is 0 Å². The van der Waals surface area contributed by atoms with Gasteiger partial charge in [0, 0.05) is 67.3 Å². The molecule has 2 aliphatic rings. The minimum Gasteiger partial charge on any atom is -0.445 e. The second-order valence-electron chi connectivity index (χ2n) is 13.4. The fourth-order valence-corrected chi connectivity index (χ4v) is 6.58. The quantitative estimate of drug-likeness (QED) is 0.0473. The van der Waals surface area contributed by atoms with Crippen LogP contribution in [-0.2, 0) is 38.8 Å². The Bertz CT molecular complexity index is 2070. The molecule has 312 valence electrons. The molecule has 4 atom stereocenters. The molecule has 2 fully saturated rings. The number of carbonyl (C=O) groups excluding carboxylic acids is 4. The molecule has 0 aliphatic carbocycles. The predicted molar refractivity (Wildman–Crippen MR) is 207 cm³/mol. The lowest BCUT2D eigenvalue weighted by molar-refractivity contribution is -0.385. The summed E-state index contributed by atoms with van der Waals surface area (Å²) in [6.07, 6.45) is -4.01.